The third-order valence-corrected chi connectivity index (χ3v) is 4.18. The third-order valence-electron chi connectivity index (χ3n) is 3.41. The van der Waals surface area contributed by atoms with Crippen LogP contribution in [0.1, 0.15) is 27.7 Å². The second kappa shape index (κ2) is 7.77. The van der Waals surface area contributed by atoms with Crippen molar-refractivity contribution >= 4 is 28.1 Å². The van der Waals surface area contributed by atoms with Crippen molar-refractivity contribution in [1.82, 2.24) is 4.98 Å². The molecule has 2 aromatic rings. The summed E-state index contributed by atoms with van der Waals surface area (Å²) in [7, 11) is 1.69. The molecule has 1 heterocycles. The average Bonchev–Trinajstić information content (AvgIpc) is 2.95. The van der Waals surface area contributed by atoms with Crippen molar-refractivity contribution in [3.63, 3.8) is 0 Å². The molecular formula is C18H25N3O2S. The van der Waals surface area contributed by atoms with Gasteiger partial charge in [-0.15, -0.1) is 11.3 Å². The van der Waals surface area contributed by atoms with Gasteiger partial charge < -0.3 is 15.4 Å². The summed E-state index contributed by atoms with van der Waals surface area (Å²) in [5.41, 5.74) is 2.32. The molecule has 0 aliphatic rings. The highest BCUT2D eigenvalue weighted by atomic mass is 32.1. The molecule has 130 valence electrons. The Hall–Kier alpha value is -1.92. The summed E-state index contributed by atoms with van der Waals surface area (Å²) in [4.78, 5) is 16.6. The summed E-state index contributed by atoms with van der Waals surface area (Å²) in [5.74, 6) is 0.00234. The number of carbonyl (C=O) groups is 1. The largest absolute Gasteiger partial charge is 0.383 e. The van der Waals surface area contributed by atoms with Crippen LogP contribution in [-0.4, -0.2) is 30.6 Å². The smallest absolute Gasteiger partial charge is 0.229 e. The van der Waals surface area contributed by atoms with Gasteiger partial charge >= 0.3 is 0 Å². The Morgan fingerprint density at radius 3 is 2.54 bits per heavy atom. The maximum absolute atomic E-state index is 12.0. The molecule has 5 nitrogen and oxygen atoms in total. The lowest BCUT2D eigenvalue weighted by Crippen LogP contribution is -2.27. The quantitative estimate of drug-likeness (QED) is 0.820. The van der Waals surface area contributed by atoms with E-state index in [2.05, 4.69) is 22.5 Å². The first-order valence-corrected chi connectivity index (χ1v) is 8.80. The number of aromatic nitrogens is 1. The van der Waals surface area contributed by atoms with Crippen molar-refractivity contribution in [2.75, 3.05) is 24.4 Å². The molecule has 0 aliphatic heterocycles. The minimum absolute atomic E-state index is 0.00234. The lowest BCUT2D eigenvalue weighted by molar-refractivity contribution is -0.123. The number of ether oxygens (including phenoxy) is 1. The molecule has 1 aromatic carbocycles. The first-order chi connectivity index (χ1) is 11.3. The van der Waals surface area contributed by atoms with E-state index < -0.39 is 5.41 Å². The molecule has 0 bridgehead atoms. The number of hydrogen-bond acceptors (Lipinski definition) is 5. The van der Waals surface area contributed by atoms with Crippen LogP contribution in [0.3, 0.4) is 0 Å². The standard InChI is InChI=1S/C18H25N3O2S/c1-12(10-23-5)19-17-21-15(11-24-17)13-6-8-14(9-7-13)20-16(22)18(2,3)4/h6-9,11-12H,10H2,1-5H3,(H,19,21)(H,20,22)/t12-/m0/s1. The molecule has 0 saturated carbocycles. The molecule has 6 heteroatoms. The molecule has 0 saturated heterocycles. The Kier molecular flexibility index (Phi) is 5.96. The first kappa shape index (κ1) is 18.4. The van der Waals surface area contributed by atoms with E-state index >= 15 is 0 Å². The number of anilines is 2. The fourth-order valence-corrected chi connectivity index (χ4v) is 2.85. The van der Waals surface area contributed by atoms with E-state index in [1.54, 1.807) is 18.4 Å². The molecule has 2 rings (SSSR count). The van der Waals surface area contributed by atoms with Crippen molar-refractivity contribution in [3.05, 3.63) is 29.6 Å². The van der Waals surface area contributed by atoms with Crippen molar-refractivity contribution in [3.8, 4) is 11.3 Å². The number of methoxy groups -OCH3 is 1. The van der Waals surface area contributed by atoms with Crippen molar-refractivity contribution in [1.29, 1.82) is 0 Å². The van der Waals surface area contributed by atoms with Gasteiger partial charge in [0.2, 0.25) is 5.91 Å². The van der Waals surface area contributed by atoms with Crippen molar-refractivity contribution in [2.45, 2.75) is 33.7 Å². The van der Waals surface area contributed by atoms with Crippen LogP contribution in [0.5, 0.6) is 0 Å². The van der Waals surface area contributed by atoms with Gasteiger partial charge in [0.15, 0.2) is 5.13 Å². The number of nitrogens with zero attached hydrogens (tertiary/aromatic N) is 1. The summed E-state index contributed by atoms with van der Waals surface area (Å²) in [5, 5.41) is 9.13. The zero-order valence-corrected chi connectivity index (χ0v) is 15.7. The van der Waals surface area contributed by atoms with Gasteiger partial charge in [-0.25, -0.2) is 4.98 Å². The predicted octanol–water partition coefficient (Wildman–Crippen LogP) is 4.24. The second-order valence-corrected chi connectivity index (χ2v) is 7.68. The summed E-state index contributed by atoms with van der Waals surface area (Å²) in [6.07, 6.45) is 0. The van der Waals surface area contributed by atoms with E-state index in [0.29, 0.717) is 6.61 Å². The normalized spacial score (nSPS) is 12.7. The van der Waals surface area contributed by atoms with Crippen LogP contribution in [-0.2, 0) is 9.53 Å². The van der Waals surface area contributed by atoms with E-state index in [1.165, 1.54) is 0 Å². The lowest BCUT2D eigenvalue weighted by Gasteiger charge is -2.17. The average molecular weight is 347 g/mol. The summed E-state index contributed by atoms with van der Waals surface area (Å²) in [6.45, 7) is 8.37. The first-order valence-electron chi connectivity index (χ1n) is 7.92. The van der Waals surface area contributed by atoms with Gasteiger partial charge in [0, 0.05) is 35.2 Å². The monoisotopic (exact) mass is 347 g/mol. The van der Waals surface area contributed by atoms with E-state index in [1.807, 2.05) is 50.4 Å². The summed E-state index contributed by atoms with van der Waals surface area (Å²) >= 11 is 1.57. The third kappa shape index (κ3) is 5.04. The van der Waals surface area contributed by atoms with Crippen LogP contribution >= 0.6 is 11.3 Å². The number of thiazole rings is 1. The van der Waals surface area contributed by atoms with Gasteiger partial charge in [-0.1, -0.05) is 32.9 Å². The highest BCUT2D eigenvalue weighted by Crippen LogP contribution is 2.27. The summed E-state index contributed by atoms with van der Waals surface area (Å²) < 4.78 is 5.12. The Balaban J connectivity index is 2.03. The number of amides is 1. The second-order valence-electron chi connectivity index (χ2n) is 6.82. The molecule has 0 unspecified atom stereocenters. The maximum atomic E-state index is 12.0. The zero-order chi connectivity index (χ0) is 17.7. The number of rotatable bonds is 6. The molecule has 1 amide bonds. The maximum Gasteiger partial charge on any atom is 0.229 e. The van der Waals surface area contributed by atoms with E-state index in [9.17, 15) is 4.79 Å². The van der Waals surface area contributed by atoms with Crippen molar-refractivity contribution < 1.29 is 9.53 Å². The Morgan fingerprint density at radius 2 is 1.96 bits per heavy atom. The van der Waals surface area contributed by atoms with Crippen LogP contribution in [0.15, 0.2) is 29.6 Å². The number of carbonyl (C=O) groups excluding carboxylic acids is 1. The molecule has 1 atom stereocenters. The minimum Gasteiger partial charge on any atom is -0.383 e. The minimum atomic E-state index is -0.410. The fraction of sp³-hybridized carbons (Fsp3) is 0.444. The van der Waals surface area contributed by atoms with E-state index in [-0.39, 0.29) is 11.9 Å². The van der Waals surface area contributed by atoms with Gasteiger partial charge in [0.05, 0.1) is 12.3 Å². The zero-order valence-electron chi connectivity index (χ0n) is 14.8. The molecule has 0 spiro atoms. The molecule has 0 fully saturated rings. The lowest BCUT2D eigenvalue weighted by atomic mass is 9.95. The Bertz CT molecular complexity index is 674. The van der Waals surface area contributed by atoms with Crippen LogP contribution in [0.25, 0.3) is 11.3 Å². The van der Waals surface area contributed by atoms with Crippen molar-refractivity contribution in [2.24, 2.45) is 5.41 Å². The van der Waals surface area contributed by atoms with Crippen LogP contribution in [0.4, 0.5) is 10.8 Å². The number of hydrogen-bond donors (Lipinski definition) is 2. The van der Waals surface area contributed by atoms with Crippen LogP contribution in [0.2, 0.25) is 0 Å². The molecule has 0 aliphatic carbocycles. The van der Waals surface area contributed by atoms with Gasteiger partial charge in [0.1, 0.15) is 0 Å². The Labute approximate surface area is 147 Å². The van der Waals surface area contributed by atoms with Gasteiger partial charge in [-0.2, -0.15) is 0 Å². The SMILES string of the molecule is COC[C@H](C)Nc1nc(-c2ccc(NC(=O)C(C)(C)C)cc2)cs1. The molecule has 24 heavy (non-hydrogen) atoms. The number of benzene rings is 1. The fourth-order valence-electron chi connectivity index (χ4n) is 2.02. The van der Waals surface area contributed by atoms with Gasteiger partial charge in [-0.3, -0.25) is 4.79 Å². The summed E-state index contributed by atoms with van der Waals surface area (Å²) in [6, 6.07) is 7.95. The van der Waals surface area contributed by atoms with Crippen LogP contribution < -0.4 is 10.6 Å². The topological polar surface area (TPSA) is 63.2 Å². The molecular weight excluding hydrogens is 322 g/mol. The highest BCUT2D eigenvalue weighted by Gasteiger charge is 2.21. The number of nitrogens with one attached hydrogen (secondary N) is 2. The molecule has 2 N–H and O–H groups in total. The van der Waals surface area contributed by atoms with Crippen LogP contribution in [0, 0.1) is 5.41 Å². The van der Waals surface area contributed by atoms with E-state index in [0.717, 1.165) is 22.1 Å². The van der Waals surface area contributed by atoms with E-state index in [4.69, 9.17) is 4.74 Å². The predicted molar refractivity (Wildman–Crippen MR) is 101 cm³/mol. The van der Waals surface area contributed by atoms with Gasteiger partial charge in [-0.05, 0) is 19.1 Å². The van der Waals surface area contributed by atoms with Gasteiger partial charge in [0.25, 0.3) is 0 Å². The molecule has 1 aromatic heterocycles. The highest BCUT2D eigenvalue weighted by molar-refractivity contribution is 7.14. The Morgan fingerprint density at radius 1 is 1.29 bits per heavy atom. The molecule has 0 radical (unpaired) electrons.